The third-order valence-corrected chi connectivity index (χ3v) is 4.76. The number of aromatic nitrogens is 6. The molecule has 0 saturated carbocycles. The van der Waals surface area contributed by atoms with Gasteiger partial charge < -0.3 is 9.30 Å². The van der Waals surface area contributed by atoms with Crippen LogP contribution in [0, 0.1) is 13.8 Å². The summed E-state index contributed by atoms with van der Waals surface area (Å²) in [5.74, 6) is 1.22. The molecule has 0 aliphatic rings. The Hall–Kier alpha value is -3.33. The molecule has 1 aromatic carbocycles. The molecule has 0 radical (unpaired) electrons. The summed E-state index contributed by atoms with van der Waals surface area (Å²) in [6.45, 7) is 7.87. The van der Waals surface area contributed by atoms with Gasteiger partial charge in [-0.05, 0) is 45.4 Å². The largest absolute Gasteiger partial charge is 0.382 e. The summed E-state index contributed by atoms with van der Waals surface area (Å²) in [6.07, 6.45) is 0.874. The van der Waals surface area contributed by atoms with E-state index in [-0.39, 0.29) is 12.3 Å². The quantitative estimate of drug-likeness (QED) is 0.451. The Morgan fingerprint density at radius 1 is 1.17 bits per heavy atom. The van der Waals surface area contributed by atoms with Gasteiger partial charge in [0.2, 0.25) is 11.9 Å². The molecular weight excluding hydrogens is 382 g/mol. The van der Waals surface area contributed by atoms with Crippen molar-refractivity contribution in [2.24, 2.45) is 0 Å². The molecule has 30 heavy (non-hydrogen) atoms. The third-order valence-electron chi connectivity index (χ3n) is 4.76. The van der Waals surface area contributed by atoms with Crippen LogP contribution in [-0.4, -0.2) is 48.3 Å². The van der Waals surface area contributed by atoms with Gasteiger partial charge in [0.1, 0.15) is 0 Å². The number of amides is 1. The highest BCUT2D eigenvalue weighted by Gasteiger charge is 2.16. The molecule has 0 fully saturated rings. The van der Waals surface area contributed by atoms with Gasteiger partial charge in [0.05, 0.1) is 17.5 Å². The summed E-state index contributed by atoms with van der Waals surface area (Å²) in [5.41, 5.74) is 3.60. The Balaban J connectivity index is 1.53. The first-order valence-electron chi connectivity index (χ1n) is 10.1. The van der Waals surface area contributed by atoms with Crippen LogP contribution >= 0.6 is 0 Å². The van der Waals surface area contributed by atoms with Gasteiger partial charge >= 0.3 is 0 Å². The predicted molar refractivity (Wildman–Crippen MR) is 113 cm³/mol. The van der Waals surface area contributed by atoms with Crippen LogP contribution in [0.4, 0.5) is 5.95 Å². The molecule has 0 aliphatic carbocycles. The van der Waals surface area contributed by atoms with E-state index in [2.05, 4.69) is 25.4 Å². The van der Waals surface area contributed by atoms with E-state index in [1.807, 2.05) is 55.7 Å². The number of hydrogen-bond donors (Lipinski definition) is 1. The summed E-state index contributed by atoms with van der Waals surface area (Å²) < 4.78 is 9.11. The fourth-order valence-corrected chi connectivity index (χ4v) is 3.46. The highest BCUT2D eigenvalue weighted by molar-refractivity contribution is 5.92. The number of ether oxygens (including phenoxy) is 1. The van der Waals surface area contributed by atoms with Crippen LogP contribution in [0.5, 0.6) is 0 Å². The minimum atomic E-state index is -0.221. The van der Waals surface area contributed by atoms with E-state index in [0.29, 0.717) is 37.3 Å². The smallest absolute Gasteiger partial charge is 0.252 e. The molecule has 9 heteroatoms. The summed E-state index contributed by atoms with van der Waals surface area (Å²) in [4.78, 5) is 26.1. The normalized spacial score (nSPS) is 11.4. The molecule has 0 unspecified atom stereocenters. The van der Waals surface area contributed by atoms with E-state index in [4.69, 9.17) is 4.74 Å². The van der Waals surface area contributed by atoms with Crippen LogP contribution in [0.15, 0.2) is 30.3 Å². The molecule has 1 amide bonds. The molecule has 9 nitrogen and oxygen atoms in total. The SMILES string of the molecule is CCOCCCn1c(NC(=O)Cc2nc3nc(C)cc(C)n3n2)nc2ccccc21. The molecule has 3 heterocycles. The number of anilines is 1. The first kappa shape index (κ1) is 20.0. The number of benzene rings is 1. The van der Waals surface area contributed by atoms with Crippen molar-refractivity contribution < 1.29 is 9.53 Å². The van der Waals surface area contributed by atoms with Crippen molar-refractivity contribution in [1.82, 2.24) is 29.1 Å². The van der Waals surface area contributed by atoms with Gasteiger partial charge in [-0.2, -0.15) is 4.98 Å². The van der Waals surface area contributed by atoms with Gasteiger partial charge in [-0.3, -0.25) is 10.1 Å². The molecule has 0 aliphatic heterocycles. The molecule has 1 N–H and O–H groups in total. The lowest BCUT2D eigenvalue weighted by Crippen LogP contribution is -2.19. The van der Waals surface area contributed by atoms with Crippen molar-refractivity contribution in [2.45, 2.75) is 40.2 Å². The lowest BCUT2D eigenvalue weighted by molar-refractivity contribution is -0.115. The summed E-state index contributed by atoms with van der Waals surface area (Å²) in [7, 11) is 0. The van der Waals surface area contributed by atoms with E-state index in [9.17, 15) is 4.79 Å². The lowest BCUT2D eigenvalue weighted by Gasteiger charge is -2.10. The molecule has 0 atom stereocenters. The first-order chi connectivity index (χ1) is 14.5. The zero-order valence-electron chi connectivity index (χ0n) is 17.4. The van der Waals surface area contributed by atoms with E-state index < -0.39 is 0 Å². The second kappa shape index (κ2) is 8.58. The number of nitrogens with zero attached hydrogens (tertiary/aromatic N) is 6. The van der Waals surface area contributed by atoms with E-state index in [1.165, 1.54) is 0 Å². The maximum absolute atomic E-state index is 12.7. The van der Waals surface area contributed by atoms with Crippen LogP contribution < -0.4 is 5.32 Å². The molecule has 4 aromatic rings. The van der Waals surface area contributed by atoms with Crippen molar-refractivity contribution in [2.75, 3.05) is 18.5 Å². The van der Waals surface area contributed by atoms with Crippen molar-refractivity contribution >= 4 is 28.7 Å². The Morgan fingerprint density at radius 3 is 2.83 bits per heavy atom. The van der Waals surface area contributed by atoms with Crippen LogP contribution in [0.2, 0.25) is 0 Å². The maximum atomic E-state index is 12.7. The van der Waals surface area contributed by atoms with Crippen LogP contribution in [0.1, 0.15) is 30.6 Å². The number of para-hydroxylation sites is 2. The Morgan fingerprint density at radius 2 is 2.00 bits per heavy atom. The van der Waals surface area contributed by atoms with Crippen LogP contribution in [0.25, 0.3) is 16.8 Å². The average molecular weight is 407 g/mol. The standard InChI is InChI=1S/C21H25N7O2/c1-4-30-11-7-10-27-17-9-6-5-8-16(17)23-20(27)25-19(29)13-18-24-21-22-14(2)12-15(3)28(21)26-18/h5-6,8-9,12H,4,7,10-11,13H2,1-3H3,(H,23,25,29). The highest BCUT2D eigenvalue weighted by Crippen LogP contribution is 2.20. The second-order valence-electron chi connectivity index (χ2n) is 7.13. The Bertz CT molecular complexity index is 1190. The van der Waals surface area contributed by atoms with Gasteiger partial charge in [0.25, 0.3) is 5.78 Å². The number of imidazole rings is 1. The van der Waals surface area contributed by atoms with E-state index in [0.717, 1.165) is 28.8 Å². The summed E-state index contributed by atoms with van der Waals surface area (Å²) >= 11 is 0. The number of nitrogens with one attached hydrogen (secondary N) is 1. The number of carbonyl (C=O) groups is 1. The number of aryl methyl sites for hydroxylation is 3. The topological polar surface area (TPSA) is 99.2 Å². The molecule has 0 spiro atoms. The molecule has 3 aromatic heterocycles. The molecule has 156 valence electrons. The predicted octanol–water partition coefficient (Wildman–Crippen LogP) is 2.70. The fraction of sp³-hybridized carbons (Fsp3) is 0.381. The minimum Gasteiger partial charge on any atom is -0.382 e. The average Bonchev–Trinajstić information content (AvgIpc) is 3.26. The maximum Gasteiger partial charge on any atom is 0.252 e. The monoisotopic (exact) mass is 407 g/mol. The third kappa shape index (κ3) is 4.16. The van der Waals surface area contributed by atoms with E-state index >= 15 is 0 Å². The lowest BCUT2D eigenvalue weighted by atomic mass is 10.3. The van der Waals surface area contributed by atoms with E-state index in [1.54, 1.807) is 4.52 Å². The zero-order valence-corrected chi connectivity index (χ0v) is 17.4. The van der Waals surface area contributed by atoms with Gasteiger partial charge in [-0.1, -0.05) is 12.1 Å². The first-order valence-corrected chi connectivity index (χ1v) is 10.1. The summed E-state index contributed by atoms with van der Waals surface area (Å²) in [6, 6.07) is 9.76. The fourth-order valence-electron chi connectivity index (χ4n) is 3.46. The second-order valence-corrected chi connectivity index (χ2v) is 7.13. The molecular formula is C21H25N7O2. The number of carbonyl (C=O) groups excluding carboxylic acids is 1. The van der Waals surface area contributed by atoms with Gasteiger partial charge in [-0.25, -0.2) is 14.5 Å². The number of rotatable bonds is 8. The zero-order chi connectivity index (χ0) is 21.1. The van der Waals surface area contributed by atoms with Gasteiger partial charge in [-0.15, -0.1) is 5.10 Å². The summed E-state index contributed by atoms with van der Waals surface area (Å²) in [5, 5.41) is 7.33. The van der Waals surface area contributed by atoms with Crippen LogP contribution in [-0.2, 0) is 22.5 Å². The Labute approximate surface area is 174 Å². The van der Waals surface area contributed by atoms with Crippen molar-refractivity contribution in [1.29, 1.82) is 0 Å². The number of fused-ring (bicyclic) bond motifs is 2. The molecule has 0 saturated heterocycles. The minimum absolute atomic E-state index is 0.0456. The number of hydrogen-bond acceptors (Lipinski definition) is 6. The van der Waals surface area contributed by atoms with Crippen molar-refractivity contribution in [3.05, 3.63) is 47.5 Å². The van der Waals surface area contributed by atoms with Crippen molar-refractivity contribution in [3.8, 4) is 0 Å². The molecule has 4 rings (SSSR count). The van der Waals surface area contributed by atoms with Crippen LogP contribution in [0.3, 0.4) is 0 Å². The Kier molecular flexibility index (Phi) is 5.71. The van der Waals surface area contributed by atoms with Gasteiger partial charge in [0, 0.05) is 31.1 Å². The van der Waals surface area contributed by atoms with Crippen molar-refractivity contribution in [3.63, 3.8) is 0 Å². The highest BCUT2D eigenvalue weighted by atomic mass is 16.5. The van der Waals surface area contributed by atoms with Gasteiger partial charge in [0.15, 0.2) is 5.82 Å². The molecule has 0 bridgehead atoms.